The van der Waals surface area contributed by atoms with Crippen LogP contribution in [-0.2, 0) is 28.8 Å². The van der Waals surface area contributed by atoms with Crippen molar-refractivity contribution in [3.63, 3.8) is 0 Å². The Morgan fingerprint density at radius 3 is 2.26 bits per heavy atom. The molecule has 11 heteroatoms. The fourth-order valence-corrected chi connectivity index (χ4v) is 4.69. The van der Waals surface area contributed by atoms with Gasteiger partial charge in [-0.25, -0.2) is 4.79 Å². The van der Waals surface area contributed by atoms with Crippen LogP contribution in [0.3, 0.4) is 0 Å². The molecular weight excluding hydrogens is 426 g/mol. The summed E-state index contributed by atoms with van der Waals surface area (Å²) < 4.78 is -0.510. The third-order valence-corrected chi connectivity index (χ3v) is 6.88. The molecule has 10 nitrogen and oxygen atoms in total. The maximum atomic E-state index is 12.7. The van der Waals surface area contributed by atoms with Gasteiger partial charge in [0.05, 0.1) is 5.25 Å². The number of likely N-dealkylation sites (N-methyl/N-ethyl adjacent to an activating group) is 1. The lowest BCUT2D eigenvalue weighted by Crippen LogP contribution is -2.41. The predicted octanol–water partition coefficient (Wildman–Crippen LogP) is 0.262. The Morgan fingerprint density at radius 2 is 1.71 bits per heavy atom. The zero-order valence-electron chi connectivity index (χ0n) is 18.0. The maximum Gasteiger partial charge on any atom is 0.326 e. The van der Waals surface area contributed by atoms with Gasteiger partial charge in [-0.05, 0) is 13.3 Å². The molecule has 170 valence electrons. The average Bonchev–Trinajstić information content (AvgIpc) is 3.14. The molecule has 0 aromatic heterocycles. The van der Waals surface area contributed by atoms with Crippen molar-refractivity contribution in [1.82, 2.24) is 14.7 Å². The standard InChI is InChI=1S/C20H27N3O7S/c1-12(19(29)30)21(4)14(24)7-8-20(2,3)31-13-11-17(27)23(18(13)28)10-9-22-15(25)5-6-16(22)26/h5-6,12-13H,7-11H2,1-4H3,(H,29,30)/t12-,13?/m0/s1. The zero-order valence-corrected chi connectivity index (χ0v) is 18.8. The number of carboxylic acids is 1. The highest BCUT2D eigenvalue weighted by atomic mass is 32.2. The first-order chi connectivity index (χ1) is 14.3. The molecule has 0 aliphatic carbocycles. The molecule has 0 spiro atoms. The largest absolute Gasteiger partial charge is 0.480 e. The minimum Gasteiger partial charge on any atom is -0.480 e. The van der Waals surface area contributed by atoms with Crippen LogP contribution >= 0.6 is 11.8 Å². The van der Waals surface area contributed by atoms with E-state index in [4.69, 9.17) is 5.11 Å². The second kappa shape index (κ2) is 9.63. The normalized spacial score (nSPS) is 20.1. The summed E-state index contributed by atoms with van der Waals surface area (Å²) in [5, 5.41) is 8.41. The van der Waals surface area contributed by atoms with E-state index < -0.39 is 33.8 Å². The van der Waals surface area contributed by atoms with Gasteiger partial charge >= 0.3 is 5.97 Å². The molecular formula is C20H27N3O7S. The number of amides is 5. The van der Waals surface area contributed by atoms with Crippen LogP contribution in [0.15, 0.2) is 12.2 Å². The predicted molar refractivity (Wildman–Crippen MR) is 112 cm³/mol. The summed E-state index contributed by atoms with van der Waals surface area (Å²) in [5.74, 6) is -3.08. The van der Waals surface area contributed by atoms with E-state index in [1.54, 1.807) is 0 Å². The quantitative estimate of drug-likeness (QED) is 0.466. The van der Waals surface area contributed by atoms with Crippen molar-refractivity contribution in [2.45, 2.75) is 56.1 Å². The average molecular weight is 454 g/mol. The maximum absolute atomic E-state index is 12.7. The molecule has 0 bridgehead atoms. The second-order valence-electron chi connectivity index (χ2n) is 8.13. The lowest BCUT2D eigenvalue weighted by molar-refractivity contribution is -0.148. The topological polar surface area (TPSA) is 132 Å². The van der Waals surface area contributed by atoms with Gasteiger partial charge in [0.15, 0.2) is 0 Å². The van der Waals surface area contributed by atoms with Crippen LogP contribution in [0.5, 0.6) is 0 Å². The third-order valence-electron chi connectivity index (χ3n) is 5.38. The van der Waals surface area contributed by atoms with E-state index in [0.29, 0.717) is 6.42 Å². The van der Waals surface area contributed by atoms with E-state index in [2.05, 4.69) is 0 Å². The molecule has 2 atom stereocenters. The summed E-state index contributed by atoms with van der Waals surface area (Å²) in [5.41, 5.74) is 0. The lowest BCUT2D eigenvalue weighted by Gasteiger charge is -2.28. The third kappa shape index (κ3) is 5.93. The van der Waals surface area contributed by atoms with Crippen LogP contribution in [0.4, 0.5) is 0 Å². The number of thioether (sulfide) groups is 1. The molecule has 2 aliphatic rings. The summed E-state index contributed by atoms with van der Waals surface area (Å²) in [6, 6.07) is -0.935. The Balaban J connectivity index is 1.88. The Bertz CT molecular complexity index is 821. The number of imide groups is 2. The number of carboxylic acid groups (broad SMARTS) is 1. The Hall–Kier alpha value is -2.69. The molecule has 1 saturated heterocycles. The van der Waals surface area contributed by atoms with E-state index in [0.717, 1.165) is 22.0 Å². The smallest absolute Gasteiger partial charge is 0.326 e. The molecule has 0 radical (unpaired) electrons. The second-order valence-corrected chi connectivity index (χ2v) is 10.0. The highest BCUT2D eigenvalue weighted by Crippen LogP contribution is 2.38. The van der Waals surface area contributed by atoms with E-state index in [9.17, 15) is 28.8 Å². The van der Waals surface area contributed by atoms with E-state index in [1.807, 2.05) is 13.8 Å². The van der Waals surface area contributed by atoms with Gasteiger partial charge in [-0.1, -0.05) is 13.8 Å². The van der Waals surface area contributed by atoms with Crippen molar-refractivity contribution in [2.24, 2.45) is 0 Å². The fraction of sp³-hybridized carbons (Fsp3) is 0.600. The number of carbonyl (C=O) groups excluding carboxylic acids is 5. The summed E-state index contributed by atoms with van der Waals surface area (Å²) >= 11 is 1.29. The van der Waals surface area contributed by atoms with Gasteiger partial charge in [0.25, 0.3) is 11.8 Å². The molecule has 0 aromatic carbocycles. The van der Waals surface area contributed by atoms with E-state index in [1.165, 1.54) is 30.6 Å². The van der Waals surface area contributed by atoms with Gasteiger partial charge in [-0.2, -0.15) is 0 Å². The molecule has 31 heavy (non-hydrogen) atoms. The first-order valence-electron chi connectivity index (χ1n) is 9.88. The van der Waals surface area contributed by atoms with Gasteiger partial charge in [0.2, 0.25) is 17.7 Å². The van der Waals surface area contributed by atoms with E-state index in [-0.39, 0.29) is 43.7 Å². The van der Waals surface area contributed by atoms with Crippen LogP contribution in [0.1, 0.15) is 40.0 Å². The monoisotopic (exact) mass is 453 g/mol. The Kier molecular flexibility index (Phi) is 7.63. The molecule has 1 N–H and O–H groups in total. The van der Waals surface area contributed by atoms with Gasteiger partial charge in [0, 0.05) is 49.9 Å². The number of hydrogen-bond acceptors (Lipinski definition) is 7. The Labute approximate surface area is 184 Å². The summed E-state index contributed by atoms with van der Waals surface area (Å²) in [4.78, 5) is 74.8. The zero-order chi connectivity index (χ0) is 23.5. The van der Waals surface area contributed by atoms with Gasteiger partial charge in [0.1, 0.15) is 6.04 Å². The van der Waals surface area contributed by atoms with Crippen molar-refractivity contribution >= 4 is 47.3 Å². The fourth-order valence-electron chi connectivity index (χ4n) is 3.24. The molecule has 1 unspecified atom stereocenters. The van der Waals surface area contributed by atoms with Crippen molar-refractivity contribution < 1.29 is 33.9 Å². The molecule has 0 saturated carbocycles. The van der Waals surface area contributed by atoms with E-state index >= 15 is 0 Å². The van der Waals surface area contributed by atoms with Crippen molar-refractivity contribution in [3.8, 4) is 0 Å². The highest BCUT2D eigenvalue weighted by molar-refractivity contribution is 8.02. The minimum atomic E-state index is -1.09. The first-order valence-corrected chi connectivity index (χ1v) is 10.8. The van der Waals surface area contributed by atoms with Crippen LogP contribution < -0.4 is 0 Å². The SMILES string of the molecule is C[C@@H](C(=O)O)N(C)C(=O)CCC(C)(C)SC1CC(=O)N(CCN2C(=O)C=CC2=O)C1=O. The molecule has 2 rings (SSSR count). The Morgan fingerprint density at radius 1 is 1.16 bits per heavy atom. The molecule has 2 heterocycles. The van der Waals surface area contributed by atoms with Gasteiger partial charge < -0.3 is 10.0 Å². The van der Waals surface area contributed by atoms with Gasteiger partial charge in [-0.15, -0.1) is 11.8 Å². The van der Waals surface area contributed by atoms with Crippen molar-refractivity contribution in [1.29, 1.82) is 0 Å². The van der Waals surface area contributed by atoms with Crippen molar-refractivity contribution in [2.75, 3.05) is 20.1 Å². The highest BCUT2D eigenvalue weighted by Gasteiger charge is 2.42. The first kappa shape index (κ1) is 24.6. The number of carbonyl (C=O) groups is 6. The molecule has 0 aromatic rings. The number of rotatable bonds is 10. The summed E-state index contributed by atoms with van der Waals surface area (Å²) in [6.07, 6.45) is 2.81. The minimum absolute atomic E-state index is 0.0109. The number of nitrogens with zero attached hydrogens (tertiary/aromatic N) is 3. The number of likely N-dealkylation sites (tertiary alicyclic amines) is 1. The van der Waals surface area contributed by atoms with Crippen LogP contribution in [0, 0.1) is 0 Å². The van der Waals surface area contributed by atoms with Crippen LogP contribution in [-0.4, -0.2) is 91.5 Å². The van der Waals surface area contributed by atoms with Crippen molar-refractivity contribution in [3.05, 3.63) is 12.2 Å². The molecule has 2 aliphatic heterocycles. The number of hydrogen-bond donors (Lipinski definition) is 1. The molecule has 1 fully saturated rings. The van der Waals surface area contributed by atoms with Gasteiger partial charge in [-0.3, -0.25) is 33.8 Å². The lowest BCUT2D eigenvalue weighted by atomic mass is 10.1. The van der Waals surface area contributed by atoms with Crippen LogP contribution in [0.2, 0.25) is 0 Å². The summed E-state index contributed by atoms with van der Waals surface area (Å²) in [6.45, 7) is 5.05. The number of aliphatic carboxylic acids is 1. The summed E-state index contributed by atoms with van der Waals surface area (Å²) in [7, 11) is 1.43. The van der Waals surface area contributed by atoms with Crippen LogP contribution in [0.25, 0.3) is 0 Å². The molecule has 5 amide bonds.